The molecule has 154 valence electrons. The number of rotatable bonds is 4. The molecule has 0 saturated carbocycles. The van der Waals surface area contributed by atoms with Gasteiger partial charge in [-0.2, -0.15) is 13.2 Å². The first-order chi connectivity index (χ1) is 13.4. The van der Waals surface area contributed by atoms with Gasteiger partial charge in [-0.15, -0.1) is 0 Å². The minimum atomic E-state index is -4.49. The molecular weight excluding hydrogens is 397 g/mol. The van der Waals surface area contributed by atoms with E-state index in [4.69, 9.17) is 21.1 Å². The van der Waals surface area contributed by atoms with Crippen LogP contribution in [-0.4, -0.2) is 36.9 Å². The zero-order valence-corrected chi connectivity index (χ0v) is 16.1. The van der Waals surface area contributed by atoms with Crippen LogP contribution < -0.4 is 15.4 Å². The molecule has 0 atom stereocenters. The van der Waals surface area contributed by atoms with Gasteiger partial charge in [-0.1, -0.05) is 17.7 Å². The van der Waals surface area contributed by atoms with Crippen molar-refractivity contribution in [3.8, 4) is 5.75 Å². The number of hydrogen-bond acceptors (Lipinski definition) is 6. The first-order valence-electron chi connectivity index (χ1n) is 8.36. The number of nitrogens with two attached hydrogens (primary N) is 1. The van der Waals surface area contributed by atoms with Crippen LogP contribution in [0.15, 0.2) is 30.6 Å². The van der Waals surface area contributed by atoms with Crippen molar-refractivity contribution in [2.75, 3.05) is 25.0 Å². The Hall–Kier alpha value is -2.39. The Morgan fingerprint density at radius 1 is 1.18 bits per heavy atom. The van der Waals surface area contributed by atoms with Crippen molar-refractivity contribution in [3.05, 3.63) is 46.7 Å². The van der Waals surface area contributed by atoms with E-state index in [1.165, 1.54) is 31.6 Å². The van der Waals surface area contributed by atoms with Gasteiger partial charge in [-0.05, 0) is 32.0 Å². The molecule has 0 unspecified atom stereocenters. The van der Waals surface area contributed by atoms with Crippen LogP contribution in [-0.2, 0) is 17.6 Å². The van der Waals surface area contributed by atoms with E-state index in [-0.39, 0.29) is 17.2 Å². The van der Waals surface area contributed by atoms with Gasteiger partial charge in [-0.3, -0.25) is 0 Å². The zero-order valence-electron chi connectivity index (χ0n) is 15.4. The number of aromatic nitrogens is 2. The number of carbonyl (C=O) groups excluding carboxylic acids is 1. The Morgan fingerprint density at radius 2 is 1.75 bits per heavy atom. The molecule has 0 spiro atoms. The van der Waals surface area contributed by atoms with Crippen molar-refractivity contribution in [2.24, 2.45) is 5.73 Å². The molecule has 1 aliphatic heterocycles. The summed E-state index contributed by atoms with van der Waals surface area (Å²) in [7, 11) is 1.50. The highest BCUT2D eigenvalue weighted by atomic mass is 35.5. The Kier molecular flexibility index (Phi) is 9.67. The van der Waals surface area contributed by atoms with Crippen LogP contribution in [0.3, 0.4) is 0 Å². The van der Waals surface area contributed by atoms with Gasteiger partial charge in [0.25, 0.3) is 0 Å². The molecule has 2 aromatic rings. The Labute approximate surface area is 166 Å². The summed E-state index contributed by atoms with van der Waals surface area (Å²) in [6.45, 7) is 3.52. The van der Waals surface area contributed by atoms with Crippen LogP contribution in [0.2, 0.25) is 5.02 Å². The summed E-state index contributed by atoms with van der Waals surface area (Å²) in [6.07, 6.45) is 0.651. The van der Waals surface area contributed by atoms with Gasteiger partial charge in [0, 0.05) is 23.7 Å². The van der Waals surface area contributed by atoms with Crippen LogP contribution in [0, 0.1) is 0 Å². The number of benzene rings is 1. The van der Waals surface area contributed by atoms with Crippen LogP contribution in [0.25, 0.3) is 0 Å². The monoisotopic (exact) mass is 418 g/mol. The SMILES string of the molecule is C=O.CN.FC(F)(F)c1cccc(Cl)c1COc1cnc(N2CCCC2)nc1. The van der Waals surface area contributed by atoms with Crippen LogP contribution in [0.5, 0.6) is 5.75 Å². The molecule has 0 radical (unpaired) electrons. The Bertz CT molecular complexity index is 724. The maximum absolute atomic E-state index is 13.0. The molecule has 3 rings (SSSR count). The number of ether oxygens (including phenoxy) is 1. The van der Waals surface area contributed by atoms with Gasteiger partial charge < -0.3 is 20.2 Å². The molecule has 0 aliphatic carbocycles. The fraction of sp³-hybridized carbons (Fsp3) is 0.389. The van der Waals surface area contributed by atoms with E-state index >= 15 is 0 Å². The quantitative estimate of drug-likeness (QED) is 0.815. The molecule has 1 saturated heterocycles. The summed E-state index contributed by atoms with van der Waals surface area (Å²) in [4.78, 5) is 18.5. The predicted octanol–water partition coefficient (Wildman–Crippen LogP) is 3.72. The average molecular weight is 419 g/mol. The van der Waals surface area contributed by atoms with E-state index < -0.39 is 11.7 Å². The van der Waals surface area contributed by atoms with Crippen molar-refractivity contribution in [1.29, 1.82) is 0 Å². The summed E-state index contributed by atoms with van der Waals surface area (Å²) in [5.74, 6) is 0.902. The second kappa shape index (κ2) is 11.5. The largest absolute Gasteiger partial charge is 0.486 e. The zero-order chi connectivity index (χ0) is 21.2. The molecule has 6 nitrogen and oxygen atoms in total. The third-order valence-corrected chi connectivity index (χ3v) is 4.16. The summed E-state index contributed by atoms with van der Waals surface area (Å²) < 4.78 is 44.5. The van der Waals surface area contributed by atoms with E-state index in [0.717, 1.165) is 32.0 Å². The maximum atomic E-state index is 13.0. The molecular formula is C18H22ClF3N4O2. The fourth-order valence-corrected chi connectivity index (χ4v) is 2.82. The van der Waals surface area contributed by atoms with Gasteiger partial charge in [0.15, 0.2) is 5.75 Å². The molecule has 2 heterocycles. The van der Waals surface area contributed by atoms with Gasteiger partial charge >= 0.3 is 6.18 Å². The molecule has 0 amide bonds. The molecule has 1 fully saturated rings. The van der Waals surface area contributed by atoms with Gasteiger partial charge in [0.2, 0.25) is 5.95 Å². The molecule has 28 heavy (non-hydrogen) atoms. The van der Waals surface area contributed by atoms with E-state index in [0.29, 0.717) is 11.7 Å². The second-order valence-electron chi connectivity index (χ2n) is 5.47. The summed E-state index contributed by atoms with van der Waals surface area (Å²) >= 11 is 5.90. The predicted molar refractivity (Wildman–Crippen MR) is 101 cm³/mol. The highest BCUT2D eigenvalue weighted by Crippen LogP contribution is 2.35. The van der Waals surface area contributed by atoms with Gasteiger partial charge in [0.05, 0.1) is 18.0 Å². The molecule has 0 bridgehead atoms. The molecule has 1 aromatic carbocycles. The lowest BCUT2D eigenvalue weighted by Gasteiger charge is -2.16. The molecule has 1 aromatic heterocycles. The number of nitrogens with zero attached hydrogens (tertiary/aromatic N) is 3. The lowest BCUT2D eigenvalue weighted by molar-refractivity contribution is -0.138. The number of carbonyl (C=O) groups is 1. The highest BCUT2D eigenvalue weighted by Gasteiger charge is 2.34. The Balaban J connectivity index is 0.000000921. The first kappa shape index (κ1) is 23.6. The van der Waals surface area contributed by atoms with E-state index in [1.54, 1.807) is 0 Å². The van der Waals surface area contributed by atoms with E-state index in [9.17, 15) is 13.2 Å². The molecule has 10 heteroatoms. The van der Waals surface area contributed by atoms with Crippen molar-refractivity contribution < 1.29 is 22.7 Å². The first-order valence-corrected chi connectivity index (χ1v) is 8.74. The Morgan fingerprint density at radius 3 is 2.29 bits per heavy atom. The molecule has 2 N–H and O–H groups in total. The summed E-state index contributed by atoms with van der Waals surface area (Å²) in [5, 5.41) is 0.0134. The van der Waals surface area contributed by atoms with Crippen molar-refractivity contribution in [1.82, 2.24) is 9.97 Å². The standard InChI is InChI=1S/C16H15ClF3N3O.CH5N.CH2O/c17-14-5-3-4-13(16(18,19)20)12(14)10-24-11-8-21-15(22-9-11)23-6-1-2-7-23;2*1-2/h3-5,8-9H,1-2,6-7,10H2;2H2,1H3;1H2. The van der Waals surface area contributed by atoms with Crippen LogP contribution >= 0.6 is 11.6 Å². The van der Waals surface area contributed by atoms with Crippen molar-refractivity contribution in [3.63, 3.8) is 0 Å². The number of halogens is 4. The highest BCUT2D eigenvalue weighted by molar-refractivity contribution is 6.31. The van der Waals surface area contributed by atoms with Crippen LogP contribution in [0.1, 0.15) is 24.0 Å². The molecule has 1 aliphatic rings. The van der Waals surface area contributed by atoms with Crippen LogP contribution in [0.4, 0.5) is 19.1 Å². The lowest BCUT2D eigenvalue weighted by Crippen LogP contribution is -2.20. The minimum Gasteiger partial charge on any atom is -0.486 e. The van der Waals surface area contributed by atoms with Gasteiger partial charge in [-0.25, -0.2) is 9.97 Å². The van der Waals surface area contributed by atoms with Gasteiger partial charge in [0.1, 0.15) is 13.4 Å². The summed E-state index contributed by atoms with van der Waals surface area (Å²) in [6, 6.07) is 3.66. The lowest BCUT2D eigenvalue weighted by atomic mass is 10.1. The third kappa shape index (κ3) is 6.35. The smallest absolute Gasteiger partial charge is 0.416 e. The summed E-state index contributed by atoms with van der Waals surface area (Å²) in [5.41, 5.74) is 3.60. The van der Waals surface area contributed by atoms with E-state index in [1.807, 2.05) is 6.79 Å². The number of alkyl halides is 3. The normalized spacial score (nSPS) is 13.1. The van der Waals surface area contributed by atoms with Crippen molar-refractivity contribution >= 4 is 24.3 Å². The maximum Gasteiger partial charge on any atom is 0.416 e. The van der Waals surface area contributed by atoms with E-state index in [2.05, 4.69) is 20.6 Å². The number of hydrogen-bond donors (Lipinski definition) is 1. The topological polar surface area (TPSA) is 81.3 Å². The van der Waals surface area contributed by atoms with Crippen molar-refractivity contribution in [2.45, 2.75) is 25.6 Å². The number of anilines is 1. The third-order valence-electron chi connectivity index (χ3n) is 3.81. The minimum absolute atomic E-state index is 0.0134. The average Bonchev–Trinajstić information content (AvgIpc) is 3.24. The second-order valence-corrected chi connectivity index (χ2v) is 5.87. The fourth-order valence-electron chi connectivity index (χ4n) is 2.59.